The topological polar surface area (TPSA) is 117 Å². The molecule has 0 unspecified atom stereocenters. The first-order chi connectivity index (χ1) is 19.4. The molecule has 1 saturated carbocycles. The first-order valence-electron chi connectivity index (χ1n) is 12.8. The van der Waals surface area contributed by atoms with Crippen molar-refractivity contribution in [2.75, 3.05) is 24.8 Å². The van der Waals surface area contributed by atoms with Gasteiger partial charge in [0.15, 0.2) is 5.82 Å². The second kappa shape index (κ2) is 11.6. The largest absolute Gasteiger partial charge is 0.495 e. The molecule has 0 radical (unpaired) electrons. The van der Waals surface area contributed by atoms with Crippen LogP contribution >= 0.6 is 11.6 Å². The van der Waals surface area contributed by atoms with Gasteiger partial charge in [0, 0.05) is 18.7 Å². The summed E-state index contributed by atoms with van der Waals surface area (Å²) in [6.45, 7) is 1.99. The fourth-order valence-electron chi connectivity index (χ4n) is 4.26. The summed E-state index contributed by atoms with van der Waals surface area (Å²) in [5.41, 5.74) is 5.26. The summed E-state index contributed by atoms with van der Waals surface area (Å²) in [5, 5.41) is 12.4. The normalized spacial score (nSPS) is 12.4. The zero-order valence-electron chi connectivity index (χ0n) is 22.3. The van der Waals surface area contributed by atoms with E-state index in [1.807, 2.05) is 43.3 Å². The number of carbonyl (C=O) groups excluding carboxylic acids is 2. The van der Waals surface area contributed by atoms with Crippen LogP contribution in [-0.2, 0) is 0 Å². The third kappa shape index (κ3) is 6.00. The number of aromatic nitrogens is 2. The van der Waals surface area contributed by atoms with Crippen LogP contribution in [0, 0.1) is 6.92 Å². The van der Waals surface area contributed by atoms with Crippen LogP contribution in [0.15, 0.2) is 66.9 Å². The Hall–Kier alpha value is -4.63. The highest BCUT2D eigenvalue weighted by Crippen LogP contribution is 2.36. The maximum Gasteiger partial charge on any atom is 0.253 e. The molecule has 0 aliphatic heterocycles. The minimum absolute atomic E-state index is 0.137. The average molecular weight is 557 g/mol. The van der Waals surface area contributed by atoms with Crippen molar-refractivity contribution in [1.82, 2.24) is 20.6 Å². The SMILES string of the molecule is CNC(=O)c1ccc(-c2cc(OC)c(Nc3ncc(Cl)c(Nc4ccccc4C(=O)NC4CC4)n3)cc2C)cc1. The summed E-state index contributed by atoms with van der Waals surface area (Å²) in [5.74, 6) is 0.965. The molecule has 3 aromatic carbocycles. The number of benzene rings is 3. The summed E-state index contributed by atoms with van der Waals surface area (Å²) in [7, 11) is 3.20. The van der Waals surface area contributed by atoms with Crippen LogP contribution in [0.3, 0.4) is 0 Å². The first kappa shape index (κ1) is 27.0. The molecule has 1 aliphatic rings. The van der Waals surface area contributed by atoms with Crippen LogP contribution < -0.4 is 26.0 Å². The second-order valence-electron chi connectivity index (χ2n) is 9.46. The minimum Gasteiger partial charge on any atom is -0.495 e. The molecule has 0 spiro atoms. The predicted molar refractivity (Wildman–Crippen MR) is 157 cm³/mol. The van der Waals surface area contributed by atoms with Crippen molar-refractivity contribution in [3.8, 4) is 16.9 Å². The van der Waals surface area contributed by atoms with Gasteiger partial charge in [-0.2, -0.15) is 4.98 Å². The van der Waals surface area contributed by atoms with E-state index in [2.05, 4.69) is 31.2 Å². The number of halogens is 1. The van der Waals surface area contributed by atoms with Crippen LogP contribution in [0.1, 0.15) is 39.1 Å². The number of amides is 2. The molecule has 1 aromatic heterocycles. The van der Waals surface area contributed by atoms with Gasteiger partial charge >= 0.3 is 0 Å². The van der Waals surface area contributed by atoms with Gasteiger partial charge in [0.25, 0.3) is 11.8 Å². The van der Waals surface area contributed by atoms with Crippen LogP contribution in [-0.4, -0.2) is 42.0 Å². The third-order valence-electron chi connectivity index (χ3n) is 6.56. The van der Waals surface area contributed by atoms with Crippen LogP contribution in [0.4, 0.5) is 23.1 Å². The number of para-hydroxylation sites is 1. The van der Waals surface area contributed by atoms with Crippen molar-refractivity contribution in [2.45, 2.75) is 25.8 Å². The number of hydrogen-bond acceptors (Lipinski definition) is 7. The summed E-state index contributed by atoms with van der Waals surface area (Å²) in [6, 6.07) is 18.7. The Kier molecular flexibility index (Phi) is 7.84. The molecule has 4 N–H and O–H groups in total. The zero-order chi connectivity index (χ0) is 28.2. The number of hydrogen-bond donors (Lipinski definition) is 4. The van der Waals surface area contributed by atoms with Gasteiger partial charge in [0.05, 0.1) is 30.2 Å². The Bertz CT molecular complexity index is 1570. The van der Waals surface area contributed by atoms with Crippen molar-refractivity contribution in [3.63, 3.8) is 0 Å². The van der Waals surface area contributed by atoms with E-state index < -0.39 is 0 Å². The standard InChI is InChI=1S/C30H29ClN6O3/c1-17-14-25(26(40-3)15-22(17)18-8-10-19(11-9-18)28(38)32-2)36-30-33-16-23(31)27(37-30)35-24-7-5-4-6-21(24)29(39)34-20-12-13-20/h4-11,14-16,20H,12-13H2,1-3H3,(H,32,38)(H,34,39)(H2,33,35,36,37). The summed E-state index contributed by atoms with van der Waals surface area (Å²) in [6.07, 6.45) is 3.50. The fraction of sp³-hybridized carbons (Fsp3) is 0.200. The number of carbonyl (C=O) groups is 2. The molecule has 204 valence electrons. The molecular formula is C30H29ClN6O3. The lowest BCUT2D eigenvalue weighted by atomic mass is 9.98. The highest BCUT2D eigenvalue weighted by Gasteiger charge is 2.25. The lowest BCUT2D eigenvalue weighted by molar-refractivity contribution is 0.0947. The number of nitrogens with one attached hydrogen (secondary N) is 4. The predicted octanol–water partition coefficient (Wildman–Crippen LogP) is 5.85. The number of methoxy groups -OCH3 is 1. The zero-order valence-corrected chi connectivity index (χ0v) is 23.1. The van der Waals surface area contributed by atoms with Crippen molar-refractivity contribution < 1.29 is 14.3 Å². The van der Waals surface area contributed by atoms with Gasteiger partial charge in [0.1, 0.15) is 10.8 Å². The van der Waals surface area contributed by atoms with E-state index in [1.165, 1.54) is 6.20 Å². The Labute approximate surface area is 237 Å². The van der Waals surface area contributed by atoms with Gasteiger partial charge in [-0.15, -0.1) is 0 Å². The van der Waals surface area contributed by atoms with E-state index in [1.54, 1.807) is 38.4 Å². The van der Waals surface area contributed by atoms with E-state index in [0.29, 0.717) is 45.0 Å². The van der Waals surface area contributed by atoms with Gasteiger partial charge in [-0.25, -0.2) is 4.98 Å². The summed E-state index contributed by atoms with van der Waals surface area (Å²) < 4.78 is 5.67. The fourth-order valence-corrected chi connectivity index (χ4v) is 4.39. The number of ether oxygens (including phenoxy) is 1. The molecule has 0 bridgehead atoms. The van der Waals surface area contributed by atoms with Gasteiger partial charge < -0.3 is 26.0 Å². The molecule has 4 aromatic rings. The van der Waals surface area contributed by atoms with Crippen molar-refractivity contribution in [1.29, 1.82) is 0 Å². The van der Waals surface area contributed by atoms with Crippen molar-refractivity contribution in [3.05, 3.63) is 88.6 Å². The van der Waals surface area contributed by atoms with Crippen LogP contribution in [0.5, 0.6) is 5.75 Å². The van der Waals surface area contributed by atoms with Crippen molar-refractivity contribution >= 4 is 46.6 Å². The number of nitrogens with zero attached hydrogens (tertiary/aromatic N) is 2. The molecule has 40 heavy (non-hydrogen) atoms. The number of anilines is 4. The molecule has 10 heteroatoms. The Morgan fingerprint density at radius 1 is 0.975 bits per heavy atom. The Morgan fingerprint density at radius 2 is 1.73 bits per heavy atom. The Balaban J connectivity index is 1.39. The van der Waals surface area contributed by atoms with E-state index in [9.17, 15) is 9.59 Å². The van der Waals surface area contributed by atoms with Crippen LogP contribution in [0.2, 0.25) is 5.02 Å². The molecule has 0 saturated heterocycles. The Morgan fingerprint density at radius 3 is 2.42 bits per heavy atom. The molecule has 1 aliphatic carbocycles. The van der Waals surface area contributed by atoms with Gasteiger partial charge in [-0.1, -0.05) is 35.9 Å². The monoisotopic (exact) mass is 556 g/mol. The van der Waals surface area contributed by atoms with E-state index in [4.69, 9.17) is 16.3 Å². The molecule has 9 nitrogen and oxygen atoms in total. The van der Waals surface area contributed by atoms with Gasteiger partial charge in [0.2, 0.25) is 5.95 Å². The number of rotatable bonds is 9. The molecule has 0 atom stereocenters. The molecular weight excluding hydrogens is 528 g/mol. The molecule has 1 heterocycles. The lowest BCUT2D eigenvalue weighted by Gasteiger charge is -2.16. The maximum absolute atomic E-state index is 12.7. The molecule has 1 fully saturated rings. The lowest BCUT2D eigenvalue weighted by Crippen LogP contribution is -2.26. The smallest absolute Gasteiger partial charge is 0.253 e. The maximum atomic E-state index is 12.7. The van der Waals surface area contributed by atoms with Crippen molar-refractivity contribution in [2.24, 2.45) is 0 Å². The van der Waals surface area contributed by atoms with E-state index in [-0.39, 0.29) is 17.9 Å². The summed E-state index contributed by atoms with van der Waals surface area (Å²) >= 11 is 6.42. The van der Waals surface area contributed by atoms with E-state index in [0.717, 1.165) is 29.5 Å². The van der Waals surface area contributed by atoms with Gasteiger partial charge in [-0.05, 0) is 72.9 Å². The minimum atomic E-state index is -0.141. The van der Waals surface area contributed by atoms with E-state index >= 15 is 0 Å². The summed E-state index contributed by atoms with van der Waals surface area (Å²) in [4.78, 5) is 33.5. The highest BCUT2D eigenvalue weighted by molar-refractivity contribution is 6.33. The molecule has 5 rings (SSSR count). The highest BCUT2D eigenvalue weighted by atomic mass is 35.5. The van der Waals surface area contributed by atoms with Crippen LogP contribution in [0.25, 0.3) is 11.1 Å². The quantitative estimate of drug-likeness (QED) is 0.204. The molecule has 2 amide bonds. The van der Waals surface area contributed by atoms with Gasteiger partial charge in [-0.3, -0.25) is 9.59 Å². The second-order valence-corrected chi connectivity index (χ2v) is 9.86. The third-order valence-corrected chi connectivity index (χ3v) is 6.84. The average Bonchev–Trinajstić information content (AvgIpc) is 3.79. The first-order valence-corrected chi connectivity index (χ1v) is 13.2. The number of aryl methyl sites for hydroxylation is 1.